The molecule has 0 saturated carbocycles. The highest BCUT2D eigenvalue weighted by Crippen LogP contribution is 2.14. The summed E-state index contributed by atoms with van der Waals surface area (Å²) < 4.78 is 0. The van der Waals surface area contributed by atoms with E-state index in [1.807, 2.05) is 6.08 Å². The van der Waals surface area contributed by atoms with Crippen molar-refractivity contribution in [2.24, 2.45) is 0 Å². The van der Waals surface area contributed by atoms with Gasteiger partial charge in [0.2, 0.25) is 0 Å². The first kappa shape index (κ1) is 9.99. The highest BCUT2D eigenvalue weighted by Gasteiger charge is 2.15. The maximum Gasteiger partial charge on any atom is 0.321 e. The number of carboxylic acid groups (broad SMARTS) is 1. The lowest BCUT2D eigenvalue weighted by molar-refractivity contribution is -0.139. The van der Waals surface area contributed by atoms with Gasteiger partial charge in [-0.05, 0) is 26.3 Å². The van der Waals surface area contributed by atoms with Crippen LogP contribution < -0.4 is 5.32 Å². The van der Waals surface area contributed by atoms with Crippen LogP contribution in [0, 0.1) is 0 Å². The lowest BCUT2D eigenvalue weighted by atomic mass is 10.0. The van der Waals surface area contributed by atoms with Crippen LogP contribution in [-0.4, -0.2) is 24.2 Å². The molecule has 0 fully saturated rings. The molecule has 0 heterocycles. The Hall–Kier alpha value is -1.09. The molecule has 0 radical (unpaired) electrons. The number of allylic oxidation sites excluding steroid dienone is 3. The third-order valence-electron chi connectivity index (χ3n) is 2.16. The van der Waals surface area contributed by atoms with Crippen molar-refractivity contribution in [1.82, 2.24) is 5.32 Å². The van der Waals surface area contributed by atoms with Gasteiger partial charge in [-0.2, -0.15) is 0 Å². The van der Waals surface area contributed by atoms with Gasteiger partial charge in [-0.1, -0.05) is 23.8 Å². The maximum absolute atomic E-state index is 10.7. The summed E-state index contributed by atoms with van der Waals surface area (Å²) in [4.78, 5) is 10.7. The normalized spacial score (nSPS) is 18.1. The van der Waals surface area contributed by atoms with E-state index in [9.17, 15) is 4.79 Å². The van der Waals surface area contributed by atoms with E-state index < -0.39 is 12.0 Å². The zero-order chi connectivity index (χ0) is 9.68. The fraction of sp³-hybridized carbons (Fsp3) is 0.500. The van der Waals surface area contributed by atoms with Gasteiger partial charge in [-0.15, -0.1) is 0 Å². The Labute approximate surface area is 78.1 Å². The molecular weight excluding hydrogens is 166 g/mol. The van der Waals surface area contributed by atoms with E-state index in [0.717, 1.165) is 18.4 Å². The number of carboxylic acids is 1. The van der Waals surface area contributed by atoms with E-state index in [0.29, 0.717) is 6.42 Å². The van der Waals surface area contributed by atoms with Crippen LogP contribution in [0.25, 0.3) is 0 Å². The van der Waals surface area contributed by atoms with Crippen LogP contribution in [0.1, 0.15) is 19.3 Å². The number of aliphatic carboxylic acids is 1. The minimum Gasteiger partial charge on any atom is -0.480 e. The van der Waals surface area contributed by atoms with Crippen molar-refractivity contribution in [3.05, 3.63) is 23.8 Å². The molecule has 3 nitrogen and oxygen atoms in total. The molecule has 1 atom stereocenters. The van der Waals surface area contributed by atoms with E-state index in [4.69, 9.17) is 5.11 Å². The molecule has 1 unspecified atom stereocenters. The van der Waals surface area contributed by atoms with E-state index in [2.05, 4.69) is 17.5 Å². The highest BCUT2D eigenvalue weighted by molar-refractivity contribution is 5.74. The molecule has 72 valence electrons. The summed E-state index contributed by atoms with van der Waals surface area (Å²) in [5.41, 5.74) is 1.12. The molecule has 2 N–H and O–H groups in total. The number of rotatable bonds is 4. The van der Waals surface area contributed by atoms with E-state index in [-0.39, 0.29) is 0 Å². The summed E-state index contributed by atoms with van der Waals surface area (Å²) in [5, 5.41) is 11.6. The van der Waals surface area contributed by atoms with E-state index >= 15 is 0 Å². The first-order valence-electron chi connectivity index (χ1n) is 4.49. The minimum absolute atomic E-state index is 0.464. The fourth-order valence-electron chi connectivity index (χ4n) is 1.37. The van der Waals surface area contributed by atoms with Crippen molar-refractivity contribution in [3.8, 4) is 0 Å². The van der Waals surface area contributed by atoms with Crippen molar-refractivity contribution >= 4 is 5.97 Å². The predicted octanol–water partition coefficient (Wildman–Crippen LogP) is 1.33. The second kappa shape index (κ2) is 4.82. The Morgan fingerprint density at radius 1 is 1.69 bits per heavy atom. The van der Waals surface area contributed by atoms with Crippen LogP contribution in [0.5, 0.6) is 0 Å². The predicted molar refractivity (Wildman–Crippen MR) is 51.6 cm³/mol. The van der Waals surface area contributed by atoms with Crippen molar-refractivity contribution in [1.29, 1.82) is 0 Å². The lowest BCUT2D eigenvalue weighted by Gasteiger charge is -2.13. The summed E-state index contributed by atoms with van der Waals surface area (Å²) in [6, 6.07) is -0.464. The van der Waals surface area contributed by atoms with Gasteiger partial charge in [-0.3, -0.25) is 4.79 Å². The quantitative estimate of drug-likeness (QED) is 0.687. The van der Waals surface area contributed by atoms with Gasteiger partial charge in [0.1, 0.15) is 6.04 Å². The zero-order valence-corrected chi connectivity index (χ0v) is 7.79. The van der Waals surface area contributed by atoms with Crippen LogP contribution in [0.2, 0.25) is 0 Å². The second-order valence-corrected chi connectivity index (χ2v) is 3.14. The Kier molecular flexibility index (Phi) is 3.71. The van der Waals surface area contributed by atoms with Gasteiger partial charge < -0.3 is 10.4 Å². The molecule has 0 aliphatic heterocycles. The average Bonchev–Trinajstić information content (AvgIpc) is 2.15. The molecule has 0 aromatic carbocycles. The van der Waals surface area contributed by atoms with Crippen molar-refractivity contribution < 1.29 is 9.90 Å². The van der Waals surface area contributed by atoms with E-state index in [1.165, 1.54) is 0 Å². The molecule has 0 bridgehead atoms. The van der Waals surface area contributed by atoms with Crippen LogP contribution in [-0.2, 0) is 4.79 Å². The van der Waals surface area contributed by atoms with Gasteiger partial charge in [-0.25, -0.2) is 0 Å². The summed E-state index contributed by atoms with van der Waals surface area (Å²) in [6.45, 7) is 0. The van der Waals surface area contributed by atoms with Gasteiger partial charge in [0.15, 0.2) is 0 Å². The number of nitrogens with one attached hydrogen (secondary N) is 1. The monoisotopic (exact) mass is 181 g/mol. The van der Waals surface area contributed by atoms with Crippen LogP contribution in [0.15, 0.2) is 23.8 Å². The van der Waals surface area contributed by atoms with Crippen molar-refractivity contribution in [3.63, 3.8) is 0 Å². The van der Waals surface area contributed by atoms with Crippen LogP contribution in [0.4, 0.5) is 0 Å². The second-order valence-electron chi connectivity index (χ2n) is 3.14. The SMILES string of the molecule is CNC(CC1=CCCC=C1)C(=O)O. The fourth-order valence-corrected chi connectivity index (χ4v) is 1.37. The lowest BCUT2D eigenvalue weighted by Crippen LogP contribution is -2.34. The van der Waals surface area contributed by atoms with Gasteiger partial charge >= 0.3 is 5.97 Å². The topological polar surface area (TPSA) is 49.3 Å². The molecule has 0 spiro atoms. The molecule has 3 heteroatoms. The third kappa shape index (κ3) is 3.03. The largest absolute Gasteiger partial charge is 0.480 e. The van der Waals surface area contributed by atoms with Crippen LogP contribution in [0.3, 0.4) is 0 Å². The highest BCUT2D eigenvalue weighted by atomic mass is 16.4. The number of likely N-dealkylation sites (N-methyl/N-ethyl adjacent to an activating group) is 1. The molecule has 0 aromatic heterocycles. The number of hydrogen-bond donors (Lipinski definition) is 2. The smallest absolute Gasteiger partial charge is 0.321 e. The third-order valence-corrected chi connectivity index (χ3v) is 2.16. The standard InChI is InChI=1S/C10H15NO2/c1-11-9(10(12)13)7-8-5-3-2-4-6-8/h3,5-6,9,11H,2,4,7H2,1H3,(H,12,13). The van der Waals surface area contributed by atoms with Gasteiger partial charge in [0.05, 0.1) is 0 Å². The zero-order valence-electron chi connectivity index (χ0n) is 7.79. The average molecular weight is 181 g/mol. The van der Waals surface area contributed by atoms with Crippen molar-refractivity contribution in [2.75, 3.05) is 7.05 Å². The first-order chi connectivity index (χ1) is 6.24. The van der Waals surface area contributed by atoms with Crippen LogP contribution >= 0.6 is 0 Å². The maximum atomic E-state index is 10.7. The summed E-state index contributed by atoms with van der Waals surface area (Å²) in [6.07, 6.45) is 8.87. The van der Waals surface area contributed by atoms with Crippen molar-refractivity contribution in [2.45, 2.75) is 25.3 Å². The summed E-state index contributed by atoms with van der Waals surface area (Å²) in [5.74, 6) is -0.789. The molecular formula is C10H15NO2. The molecule has 0 amide bonds. The number of hydrogen-bond acceptors (Lipinski definition) is 2. The Balaban J connectivity index is 2.50. The van der Waals surface area contributed by atoms with E-state index in [1.54, 1.807) is 7.05 Å². The van der Waals surface area contributed by atoms with Gasteiger partial charge in [0, 0.05) is 0 Å². The number of carbonyl (C=O) groups is 1. The molecule has 1 rings (SSSR count). The molecule has 0 saturated heterocycles. The Morgan fingerprint density at radius 3 is 2.92 bits per heavy atom. The molecule has 1 aliphatic carbocycles. The molecule has 13 heavy (non-hydrogen) atoms. The Morgan fingerprint density at radius 2 is 2.46 bits per heavy atom. The summed E-state index contributed by atoms with van der Waals surface area (Å²) >= 11 is 0. The minimum atomic E-state index is -0.789. The Bertz CT molecular complexity index is 243. The molecule has 1 aliphatic rings. The molecule has 0 aromatic rings. The van der Waals surface area contributed by atoms with Gasteiger partial charge in [0.25, 0.3) is 0 Å². The first-order valence-corrected chi connectivity index (χ1v) is 4.49. The summed E-state index contributed by atoms with van der Waals surface area (Å²) in [7, 11) is 1.67.